The fraction of sp³-hybridized carbons (Fsp3) is 0.476. The third-order valence-corrected chi connectivity index (χ3v) is 5.48. The van der Waals surface area contributed by atoms with E-state index in [-0.39, 0.29) is 0 Å². The van der Waals surface area contributed by atoms with E-state index >= 15 is 0 Å². The van der Waals surface area contributed by atoms with E-state index in [1.807, 2.05) is 18.2 Å². The number of rotatable bonds is 5. The molecule has 26 heavy (non-hydrogen) atoms. The highest BCUT2D eigenvalue weighted by atomic mass is 16.5. The lowest BCUT2D eigenvalue weighted by atomic mass is 9.92. The van der Waals surface area contributed by atoms with Crippen LogP contribution >= 0.6 is 0 Å². The lowest BCUT2D eigenvalue weighted by Gasteiger charge is -2.40. The fourth-order valence-corrected chi connectivity index (χ4v) is 4.16. The lowest BCUT2D eigenvalue weighted by molar-refractivity contribution is 0.0148. The van der Waals surface area contributed by atoms with E-state index in [4.69, 9.17) is 10.5 Å². The van der Waals surface area contributed by atoms with Crippen molar-refractivity contribution in [2.24, 2.45) is 0 Å². The topological polar surface area (TPSA) is 72.2 Å². The summed E-state index contributed by atoms with van der Waals surface area (Å²) in [7, 11) is 0. The summed E-state index contributed by atoms with van der Waals surface area (Å²) in [5, 5.41) is 7.40. The number of nitrogens with zero attached hydrogens (tertiary/aromatic N) is 1. The van der Waals surface area contributed by atoms with Crippen molar-refractivity contribution in [3.8, 4) is 11.3 Å². The number of aryl methyl sites for hydroxylation is 1. The van der Waals surface area contributed by atoms with Crippen molar-refractivity contribution in [2.45, 2.75) is 44.3 Å². The first-order valence-electron chi connectivity index (χ1n) is 9.57. The Morgan fingerprint density at radius 2 is 2.00 bits per heavy atom. The number of fused-ring (bicyclic) bond motifs is 2. The molecule has 0 aliphatic carbocycles. The summed E-state index contributed by atoms with van der Waals surface area (Å²) in [4.78, 5) is 4.41. The third-order valence-electron chi connectivity index (χ3n) is 5.48. The van der Waals surface area contributed by atoms with E-state index in [0.29, 0.717) is 23.9 Å². The average Bonchev–Trinajstić information content (AvgIpc) is 2.63. The van der Waals surface area contributed by atoms with Gasteiger partial charge in [-0.25, -0.2) is 4.98 Å². The zero-order valence-electron chi connectivity index (χ0n) is 15.4. The first-order chi connectivity index (χ1) is 12.7. The molecule has 3 heterocycles. The maximum atomic E-state index is 5.80. The number of morpholine rings is 1. The van der Waals surface area contributed by atoms with Gasteiger partial charge in [0.25, 0.3) is 0 Å². The minimum Gasteiger partial charge on any atom is -0.384 e. The summed E-state index contributed by atoms with van der Waals surface area (Å²) in [6.07, 6.45) is 3.37. The minimum absolute atomic E-state index is 0.520. The Bertz CT molecular complexity index is 751. The van der Waals surface area contributed by atoms with Crippen LogP contribution in [0.5, 0.6) is 0 Å². The van der Waals surface area contributed by atoms with Gasteiger partial charge in [0.1, 0.15) is 5.82 Å². The van der Waals surface area contributed by atoms with Gasteiger partial charge in [-0.2, -0.15) is 0 Å². The zero-order chi connectivity index (χ0) is 17.9. The Morgan fingerprint density at radius 1 is 1.19 bits per heavy atom. The molecule has 2 bridgehead atoms. The van der Waals surface area contributed by atoms with Crippen LogP contribution in [0.2, 0.25) is 0 Å². The maximum absolute atomic E-state index is 5.80. The SMILES string of the molecule is Cc1cc(-c2cccc(N)n2)ccc1CCNC1CC2COCC(C1)N2. The molecule has 2 aliphatic rings. The monoisotopic (exact) mass is 352 g/mol. The van der Waals surface area contributed by atoms with Gasteiger partial charge in [-0.1, -0.05) is 18.2 Å². The van der Waals surface area contributed by atoms with Crippen LogP contribution in [0, 0.1) is 6.92 Å². The van der Waals surface area contributed by atoms with E-state index in [0.717, 1.165) is 50.3 Å². The van der Waals surface area contributed by atoms with Crippen molar-refractivity contribution < 1.29 is 4.74 Å². The number of nitrogen functional groups attached to an aromatic ring is 1. The van der Waals surface area contributed by atoms with Crippen LogP contribution < -0.4 is 16.4 Å². The van der Waals surface area contributed by atoms with E-state index in [9.17, 15) is 0 Å². The summed E-state index contributed by atoms with van der Waals surface area (Å²) < 4.78 is 5.63. The van der Waals surface area contributed by atoms with Gasteiger partial charge in [-0.05, 0) is 62.1 Å². The average molecular weight is 352 g/mol. The van der Waals surface area contributed by atoms with E-state index in [2.05, 4.69) is 40.7 Å². The zero-order valence-corrected chi connectivity index (χ0v) is 15.4. The standard InChI is InChI=1S/C21H28N4O/c1-14-9-16(20-3-2-4-21(22)25-20)6-5-15(14)7-8-23-17-10-18-12-26-13-19(11-17)24-18/h2-6,9,17-19,23-24H,7-8,10-13H2,1H3,(H2,22,25). The number of nitrogens with one attached hydrogen (secondary N) is 2. The normalized spacial score (nSPS) is 25.2. The lowest BCUT2D eigenvalue weighted by Crippen LogP contribution is -2.58. The van der Waals surface area contributed by atoms with Crippen LogP contribution in [-0.4, -0.2) is 42.9 Å². The number of hydrogen-bond donors (Lipinski definition) is 3. The van der Waals surface area contributed by atoms with Gasteiger partial charge in [-0.15, -0.1) is 0 Å². The van der Waals surface area contributed by atoms with Gasteiger partial charge in [0, 0.05) is 23.7 Å². The Labute approximate surface area is 155 Å². The third kappa shape index (κ3) is 4.06. The second-order valence-electron chi connectivity index (χ2n) is 7.56. The molecule has 2 atom stereocenters. The largest absolute Gasteiger partial charge is 0.384 e. The molecule has 0 spiro atoms. The van der Waals surface area contributed by atoms with Crippen LogP contribution in [0.25, 0.3) is 11.3 Å². The van der Waals surface area contributed by atoms with Crippen molar-refractivity contribution in [1.29, 1.82) is 0 Å². The summed E-state index contributed by atoms with van der Waals surface area (Å²) in [5.41, 5.74) is 10.6. The molecule has 2 unspecified atom stereocenters. The first kappa shape index (κ1) is 17.5. The number of benzene rings is 1. The number of pyridine rings is 1. The van der Waals surface area contributed by atoms with Gasteiger partial charge in [0.2, 0.25) is 0 Å². The molecule has 1 aromatic carbocycles. The molecule has 2 fully saturated rings. The predicted molar refractivity (Wildman–Crippen MR) is 105 cm³/mol. The van der Waals surface area contributed by atoms with Crippen LogP contribution in [0.3, 0.4) is 0 Å². The molecule has 2 saturated heterocycles. The quantitative estimate of drug-likeness (QED) is 0.770. The van der Waals surface area contributed by atoms with Crippen molar-refractivity contribution >= 4 is 5.82 Å². The number of nitrogens with two attached hydrogens (primary N) is 1. The van der Waals surface area contributed by atoms with Crippen LogP contribution in [0.15, 0.2) is 36.4 Å². The molecular formula is C21H28N4O. The fourth-order valence-electron chi connectivity index (χ4n) is 4.16. The van der Waals surface area contributed by atoms with Crippen LogP contribution in [0.1, 0.15) is 24.0 Å². The second-order valence-corrected chi connectivity index (χ2v) is 7.56. The summed E-state index contributed by atoms with van der Waals surface area (Å²) >= 11 is 0. The molecule has 0 radical (unpaired) electrons. The summed E-state index contributed by atoms with van der Waals surface area (Å²) in [5.74, 6) is 0.561. The summed E-state index contributed by atoms with van der Waals surface area (Å²) in [6, 6.07) is 14.0. The van der Waals surface area contributed by atoms with E-state index in [1.165, 1.54) is 11.1 Å². The number of anilines is 1. The molecule has 5 nitrogen and oxygen atoms in total. The van der Waals surface area contributed by atoms with E-state index in [1.54, 1.807) is 0 Å². The molecular weight excluding hydrogens is 324 g/mol. The van der Waals surface area contributed by atoms with Crippen molar-refractivity contribution in [1.82, 2.24) is 15.6 Å². The molecule has 0 saturated carbocycles. The maximum Gasteiger partial charge on any atom is 0.124 e. The first-order valence-corrected chi connectivity index (χ1v) is 9.57. The van der Waals surface area contributed by atoms with Gasteiger partial charge in [-0.3, -0.25) is 0 Å². The molecule has 138 valence electrons. The highest BCUT2D eigenvalue weighted by Crippen LogP contribution is 2.22. The predicted octanol–water partition coefficient (Wildman–Crippen LogP) is 2.29. The second kappa shape index (κ2) is 7.74. The number of ether oxygens (including phenoxy) is 1. The Hall–Kier alpha value is -1.95. The smallest absolute Gasteiger partial charge is 0.124 e. The molecule has 5 heteroatoms. The number of hydrogen-bond acceptors (Lipinski definition) is 5. The van der Waals surface area contributed by atoms with Gasteiger partial charge >= 0.3 is 0 Å². The molecule has 0 amide bonds. The van der Waals surface area contributed by atoms with Crippen molar-refractivity contribution in [3.63, 3.8) is 0 Å². The Balaban J connectivity index is 1.34. The van der Waals surface area contributed by atoms with Crippen LogP contribution in [0.4, 0.5) is 5.82 Å². The molecule has 1 aromatic heterocycles. The number of piperidine rings is 1. The minimum atomic E-state index is 0.520. The summed E-state index contributed by atoms with van der Waals surface area (Å²) in [6.45, 7) is 4.90. The highest BCUT2D eigenvalue weighted by Gasteiger charge is 2.31. The van der Waals surface area contributed by atoms with Crippen molar-refractivity contribution in [2.75, 3.05) is 25.5 Å². The molecule has 4 rings (SSSR count). The number of aromatic nitrogens is 1. The molecule has 4 N–H and O–H groups in total. The molecule has 2 aromatic rings. The highest BCUT2D eigenvalue weighted by molar-refractivity contribution is 5.62. The molecule has 2 aliphatic heterocycles. The van der Waals surface area contributed by atoms with Gasteiger partial charge < -0.3 is 21.1 Å². The van der Waals surface area contributed by atoms with E-state index < -0.39 is 0 Å². The Kier molecular flexibility index (Phi) is 5.20. The van der Waals surface area contributed by atoms with Crippen LogP contribution in [-0.2, 0) is 11.2 Å². The van der Waals surface area contributed by atoms with Crippen molar-refractivity contribution in [3.05, 3.63) is 47.5 Å². The van der Waals surface area contributed by atoms with Gasteiger partial charge in [0.05, 0.1) is 18.9 Å². The van der Waals surface area contributed by atoms with Gasteiger partial charge in [0.15, 0.2) is 0 Å². The Morgan fingerprint density at radius 3 is 2.73 bits per heavy atom.